The van der Waals surface area contributed by atoms with Crippen molar-refractivity contribution in [2.75, 3.05) is 5.75 Å². The van der Waals surface area contributed by atoms with E-state index in [1.807, 2.05) is 6.07 Å². The van der Waals surface area contributed by atoms with Gasteiger partial charge < -0.3 is 0 Å². The molecule has 0 aliphatic heterocycles. The molecule has 0 heterocycles. The number of sulfone groups is 1. The maximum Gasteiger partial charge on any atom is 0.180 e. The van der Waals surface area contributed by atoms with E-state index < -0.39 is 21.6 Å². The highest BCUT2D eigenvalue weighted by Crippen LogP contribution is 2.21. The predicted octanol–water partition coefficient (Wildman–Crippen LogP) is 2.91. The van der Waals surface area contributed by atoms with E-state index in [1.165, 1.54) is 18.2 Å². The van der Waals surface area contributed by atoms with Crippen molar-refractivity contribution in [3.05, 3.63) is 66.0 Å². The van der Waals surface area contributed by atoms with E-state index in [4.69, 9.17) is 5.26 Å². The van der Waals surface area contributed by atoms with Gasteiger partial charge in [0.1, 0.15) is 5.82 Å². The number of hydrogen-bond donors (Lipinski definition) is 0. The smallest absolute Gasteiger partial charge is 0.180 e. The highest BCUT2D eigenvalue weighted by molar-refractivity contribution is 7.91. The van der Waals surface area contributed by atoms with Gasteiger partial charge in [-0.25, -0.2) is 12.8 Å². The predicted molar refractivity (Wildman–Crippen MR) is 73.2 cm³/mol. The van der Waals surface area contributed by atoms with Crippen LogP contribution in [0.25, 0.3) is 0 Å². The summed E-state index contributed by atoms with van der Waals surface area (Å²) < 4.78 is 37.5. The van der Waals surface area contributed by atoms with Crippen LogP contribution in [0.1, 0.15) is 11.5 Å². The first kappa shape index (κ1) is 14.2. The van der Waals surface area contributed by atoms with Crippen LogP contribution in [0, 0.1) is 17.1 Å². The monoisotopic (exact) mass is 289 g/mol. The molecule has 5 heteroatoms. The van der Waals surface area contributed by atoms with Crippen LogP contribution in [0.2, 0.25) is 0 Å². The molecule has 0 saturated carbocycles. The second kappa shape index (κ2) is 5.85. The van der Waals surface area contributed by atoms with Crippen LogP contribution in [0.15, 0.2) is 59.5 Å². The zero-order valence-electron chi connectivity index (χ0n) is 10.5. The Kier molecular flexibility index (Phi) is 4.16. The molecule has 0 radical (unpaired) electrons. The molecule has 1 unspecified atom stereocenters. The van der Waals surface area contributed by atoms with Crippen molar-refractivity contribution in [2.24, 2.45) is 0 Å². The summed E-state index contributed by atoms with van der Waals surface area (Å²) in [5.41, 5.74) is 0.634. The van der Waals surface area contributed by atoms with Crippen molar-refractivity contribution < 1.29 is 12.8 Å². The van der Waals surface area contributed by atoms with Gasteiger partial charge in [0.2, 0.25) is 0 Å². The third-order valence-corrected chi connectivity index (χ3v) is 4.64. The summed E-state index contributed by atoms with van der Waals surface area (Å²) in [6.07, 6.45) is 0. The Morgan fingerprint density at radius 2 is 1.80 bits per heavy atom. The van der Waals surface area contributed by atoms with Crippen molar-refractivity contribution >= 4 is 9.84 Å². The highest BCUT2D eigenvalue weighted by atomic mass is 32.2. The number of hydrogen-bond acceptors (Lipinski definition) is 3. The molecular weight excluding hydrogens is 277 g/mol. The molecule has 3 nitrogen and oxygen atoms in total. The SMILES string of the molecule is N#CC(CS(=O)(=O)c1cccc(F)c1)c1ccccc1. The fraction of sp³-hybridized carbons (Fsp3) is 0.133. The molecular formula is C15H12FNO2S. The van der Waals surface area contributed by atoms with Gasteiger partial charge in [-0.1, -0.05) is 36.4 Å². The zero-order chi connectivity index (χ0) is 14.6. The lowest BCUT2D eigenvalue weighted by Crippen LogP contribution is -2.14. The molecule has 1 atom stereocenters. The third kappa shape index (κ3) is 3.22. The number of nitriles is 1. The van der Waals surface area contributed by atoms with Crippen molar-refractivity contribution in [3.63, 3.8) is 0 Å². The van der Waals surface area contributed by atoms with Gasteiger partial charge in [-0.05, 0) is 23.8 Å². The minimum atomic E-state index is -3.70. The van der Waals surface area contributed by atoms with Crippen LogP contribution in [0.4, 0.5) is 4.39 Å². The molecule has 2 aromatic rings. The van der Waals surface area contributed by atoms with Crippen LogP contribution in [0.5, 0.6) is 0 Å². The van der Waals surface area contributed by atoms with E-state index in [9.17, 15) is 12.8 Å². The number of nitrogens with zero attached hydrogens (tertiary/aromatic N) is 1. The number of halogens is 1. The second-order valence-corrected chi connectivity index (χ2v) is 6.37. The quantitative estimate of drug-likeness (QED) is 0.869. The van der Waals surface area contributed by atoms with Gasteiger partial charge >= 0.3 is 0 Å². The lowest BCUT2D eigenvalue weighted by molar-refractivity contribution is 0.588. The molecule has 0 fully saturated rings. The van der Waals surface area contributed by atoms with Gasteiger partial charge in [-0.2, -0.15) is 5.26 Å². The Labute approximate surface area is 117 Å². The van der Waals surface area contributed by atoms with Crippen LogP contribution in [-0.4, -0.2) is 14.2 Å². The first-order chi connectivity index (χ1) is 9.53. The largest absolute Gasteiger partial charge is 0.224 e. The van der Waals surface area contributed by atoms with E-state index in [-0.39, 0.29) is 10.6 Å². The molecule has 0 amide bonds. The van der Waals surface area contributed by atoms with Gasteiger partial charge in [-0.3, -0.25) is 0 Å². The van der Waals surface area contributed by atoms with E-state index in [2.05, 4.69) is 0 Å². The van der Waals surface area contributed by atoms with Gasteiger partial charge in [0.25, 0.3) is 0 Å². The summed E-state index contributed by atoms with van der Waals surface area (Å²) in [7, 11) is -3.70. The maximum absolute atomic E-state index is 13.1. The van der Waals surface area contributed by atoms with Crippen molar-refractivity contribution in [2.45, 2.75) is 10.8 Å². The Bertz CT molecular complexity index is 736. The maximum atomic E-state index is 13.1. The lowest BCUT2D eigenvalue weighted by Gasteiger charge is -2.10. The average molecular weight is 289 g/mol. The second-order valence-electron chi connectivity index (χ2n) is 4.33. The molecule has 0 N–H and O–H groups in total. The van der Waals surface area contributed by atoms with Gasteiger partial charge in [-0.15, -0.1) is 0 Å². The minimum Gasteiger partial charge on any atom is -0.224 e. The molecule has 2 aromatic carbocycles. The van der Waals surface area contributed by atoms with Crippen molar-refractivity contribution in [3.8, 4) is 6.07 Å². The number of rotatable bonds is 4. The zero-order valence-corrected chi connectivity index (χ0v) is 11.3. The molecule has 0 aliphatic rings. The first-order valence-electron chi connectivity index (χ1n) is 5.96. The molecule has 0 aliphatic carbocycles. The normalized spacial score (nSPS) is 12.6. The van der Waals surface area contributed by atoms with Crippen LogP contribution in [-0.2, 0) is 9.84 Å². The highest BCUT2D eigenvalue weighted by Gasteiger charge is 2.22. The Hall–Kier alpha value is -2.19. The molecule has 2 rings (SSSR count). The van der Waals surface area contributed by atoms with E-state index in [0.29, 0.717) is 5.56 Å². The Balaban J connectivity index is 2.30. The summed E-state index contributed by atoms with van der Waals surface area (Å²) in [6, 6.07) is 15.5. The van der Waals surface area contributed by atoms with Gasteiger partial charge in [0.15, 0.2) is 9.84 Å². The summed E-state index contributed by atoms with van der Waals surface area (Å²) >= 11 is 0. The van der Waals surface area contributed by atoms with Crippen LogP contribution in [0.3, 0.4) is 0 Å². The lowest BCUT2D eigenvalue weighted by atomic mass is 10.0. The molecule has 0 spiro atoms. The first-order valence-corrected chi connectivity index (χ1v) is 7.61. The molecule has 0 saturated heterocycles. The topological polar surface area (TPSA) is 57.9 Å². The minimum absolute atomic E-state index is 0.103. The van der Waals surface area contributed by atoms with E-state index in [1.54, 1.807) is 30.3 Å². The average Bonchev–Trinajstić information content (AvgIpc) is 2.46. The van der Waals surface area contributed by atoms with Gasteiger partial charge in [0.05, 0.1) is 22.6 Å². The Morgan fingerprint density at radius 3 is 2.40 bits per heavy atom. The van der Waals surface area contributed by atoms with Crippen LogP contribution < -0.4 is 0 Å². The van der Waals surface area contributed by atoms with E-state index in [0.717, 1.165) is 6.07 Å². The molecule has 0 bridgehead atoms. The van der Waals surface area contributed by atoms with Crippen molar-refractivity contribution in [1.29, 1.82) is 5.26 Å². The van der Waals surface area contributed by atoms with Crippen molar-refractivity contribution in [1.82, 2.24) is 0 Å². The van der Waals surface area contributed by atoms with Crippen LogP contribution >= 0.6 is 0 Å². The summed E-state index contributed by atoms with van der Waals surface area (Å²) in [4.78, 5) is -0.103. The third-order valence-electron chi connectivity index (χ3n) is 2.90. The van der Waals surface area contributed by atoms with Gasteiger partial charge in [0, 0.05) is 0 Å². The fourth-order valence-corrected chi connectivity index (χ4v) is 3.35. The standard InChI is InChI=1S/C15H12FNO2S/c16-14-7-4-8-15(9-14)20(18,19)11-13(10-17)12-5-2-1-3-6-12/h1-9,13H,11H2. The summed E-state index contributed by atoms with van der Waals surface area (Å²) in [5, 5.41) is 9.16. The molecule has 0 aromatic heterocycles. The Morgan fingerprint density at radius 1 is 1.10 bits per heavy atom. The van der Waals surface area contributed by atoms with E-state index >= 15 is 0 Å². The fourth-order valence-electron chi connectivity index (χ4n) is 1.87. The number of benzene rings is 2. The molecule has 20 heavy (non-hydrogen) atoms. The summed E-state index contributed by atoms with van der Waals surface area (Å²) in [6.45, 7) is 0. The molecule has 102 valence electrons. The summed E-state index contributed by atoms with van der Waals surface area (Å²) in [5.74, 6) is -1.75.